The van der Waals surface area contributed by atoms with E-state index in [1.54, 1.807) is 11.1 Å². The van der Waals surface area contributed by atoms with Crippen molar-refractivity contribution in [2.75, 3.05) is 0 Å². The van der Waals surface area contributed by atoms with Gasteiger partial charge in [0, 0.05) is 11.1 Å². The van der Waals surface area contributed by atoms with Gasteiger partial charge in [-0.2, -0.15) is 0 Å². The maximum absolute atomic E-state index is 2.35. The minimum atomic E-state index is -0.686. The highest BCUT2D eigenvalue weighted by molar-refractivity contribution is 6.57. The molecule has 0 aliphatic heterocycles. The van der Waals surface area contributed by atoms with Crippen LogP contribution in [0.5, 0.6) is 0 Å². The first-order valence-electron chi connectivity index (χ1n) is 12.5. The van der Waals surface area contributed by atoms with Gasteiger partial charge in [-0.25, -0.2) is 0 Å². The summed E-state index contributed by atoms with van der Waals surface area (Å²) < 4.78 is 0. The number of hydrogen-bond acceptors (Lipinski definition) is 0. The second-order valence-corrected chi connectivity index (χ2v) is 11.6. The number of hydrogen-bond donors (Lipinski definition) is 0. The topological polar surface area (TPSA) is 0 Å². The fraction of sp³-hybridized carbons (Fsp3) is 0.118. The van der Waals surface area contributed by atoms with Crippen LogP contribution in [0.3, 0.4) is 0 Å². The van der Waals surface area contributed by atoms with Gasteiger partial charge in [0.05, 0.1) is 9.52 Å². The second kappa shape index (κ2) is 8.66. The number of fused-ring (bicyclic) bond motifs is 2. The molecule has 4 aromatic carbocycles. The zero-order chi connectivity index (χ0) is 24.1. The van der Waals surface area contributed by atoms with Crippen LogP contribution in [-0.4, -0.2) is 9.52 Å². The molecule has 0 bridgehead atoms. The standard InChI is InChI=1S/C34H30Si/c1-21-23(3)33(29-19-11-17-27(31(21)29)25-13-7-5-8-14-25)35-34-24(4)22(2)32-28(18-12-20-30(32)34)26-15-9-6-10-16-26/h5-20H,35H2,1-4H3. The first-order chi connectivity index (χ1) is 17.1. The molecule has 2 aliphatic carbocycles. The first kappa shape index (κ1) is 22.1. The highest BCUT2D eigenvalue weighted by Crippen LogP contribution is 2.50. The Hall–Kier alpha value is -3.42. The summed E-state index contributed by atoms with van der Waals surface area (Å²) in [5.74, 6) is 0. The van der Waals surface area contributed by atoms with E-state index >= 15 is 0 Å². The summed E-state index contributed by atoms with van der Waals surface area (Å²) in [4.78, 5) is 0. The summed E-state index contributed by atoms with van der Waals surface area (Å²) in [6, 6.07) is 35.5. The number of allylic oxidation sites excluding steroid dienone is 4. The molecule has 0 nitrogen and oxygen atoms in total. The van der Waals surface area contributed by atoms with E-state index in [0.717, 1.165) is 0 Å². The third kappa shape index (κ3) is 3.49. The summed E-state index contributed by atoms with van der Waals surface area (Å²) in [6.45, 7) is 9.32. The molecule has 0 unspecified atom stereocenters. The van der Waals surface area contributed by atoms with Gasteiger partial charge in [-0.3, -0.25) is 0 Å². The van der Waals surface area contributed by atoms with Crippen LogP contribution in [0, 0.1) is 11.1 Å². The molecule has 2 radical (unpaired) electrons. The molecule has 0 N–H and O–H groups in total. The van der Waals surface area contributed by atoms with Crippen LogP contribution in [0.1, 0.15) is 49.9 Å². The van der Waals surface area contributed by atoms with E-state index in [0.29, 0.717) is 0 Å². The van der Waals surface area contributed by atoms with Crippen LogP contribution >= 0.6 is 0 Å². The normalized spacial score (nSPS) is 15.7. The van der Waals surface area contributed by atoms with E-state index in [-0.39, 0.29) is 0 Å². The lowest BCUT2D eigenvalue weighted by Crippen LogP contribution is -2.18. The van der Waals surface area contributed by atoms with E-state index < -0.39 is 9.52 Å². The lowest BCUT2D eigenvalue weighted by atomic mass is 9.94. The molecule has 0 fully saturated rings. The van der Waals surface area contributed by atoms with Crippen molar-refractivity contribution in [1.82, 2.24) is 0 Å². The zero-order valence-electron chi connectivity index (χ0n) is 20.9. The molecule has 0 saturated carbocycles. The van der Waals surface area contributed by atoms with E-state index in [9.17, 15) is 0 Å². The maximum Gasteiger partial charge on any atom is 0.0575 e. The summed E-state index contributed by atoms with van der Waals surface area (Å²) in [6.07, 6.45) is 0. The van der Waals surface area contributed by atoms with Crippen LogP contribution in [0.4, 0.5) is 0 Å². The third-order valence-corrected chi connectivity index (χ3v) is 10.6. The van der Waals surface area contributed by atoms with Gasteiger partial charge in [-0.05, 0) is 83.3 Å². The number of rotatable bonds is 4. The van der Waals surface area contributed by atoms with Crippen molar-refractivity contribution in [1.29, 1.82) is 0 Å². The second-order valence-electron chi connectivity index (χ2n) is 9.82. The van der Waals surface area contributed by atoms with Gasteiger partial charge < -0.3 is 0 Å². The smallest absolute Gasteiger partial charge is 0.0575 e. The Bertz CT molecular complexity index is 1370. The fourth-order valence-corrected chi connectivity index (χ4v) is 8.38. The molecule has 2 aliphatic rings. The quantitative estimate of drug-likeness (QED) is 0.266. The van der Waals surface area contributed by atoms with E-state index in [4.69, 9.17) is 0 Å². The summed E-state index contributed by atoms with van der Waals surface area (Å²) in [5.41, 5.74) is 20.2. The van der Waals surface area contributed by atoms with Gasteiger partial charge in [0.1, 0.15) is 0 Å². The van der Waals surface area contributed by atoms with Gasteiger partial charge in [-0.1, -0.05) is 108 Å². The van der Waals surface area contributed by atoms with Crippen molar-refractivity contribution in [2.45, 2.75) is 27.7 Å². The van der Waals surface area contributed by atoms with Crippen LogP contribution in [0.25, 0.3) is 33.4 Å². The largest absolute Gasteiger partial charge is 0.0622 e. The Kier molecular flexibility index (Phi) is 5.46. The van der Waals surface area contributed by atoms with Crippen molar-refractivity contribution < 1.29 is 0 Å². The highest BCUT2D eigenvalue weighted by atomic mass is 28.2. The molecule has 0 spiro atoms. The summed E-state index contributed by atoms with van der Waals surface area (Å²) in [5, 5.41) is 0. The average molecular weight is 467 g/mol. The Morgan fingerprint density at radius 1 is 0.371 bits per heavy atom. The predicted octanol–water partition coefficient (Wildman–Crippen LogP) is 8.26. The zero-order valence-corrected chi connectivity index (χ0v) is 22.4. The highest BCUT2D eigenvalue weighted by Gasteiger charge is 2.36. The minimum Gasteiger partial charge on any atom is -0.0622 e. The molecule has 35 heavy (non-hydrogen) atoms. The van der Waals surface area contributed by atoms with Crippen LogP contribution in [0.15, 0.2) is 108 Å². The Morgan fingerprint density at radius 3 is 1.14 bits per heavy atom. The number of benzene rings is 4. The van der Waals surface area contributed by atoms with Gasteiger partial charge in [0.15, 0.2) is 0 Å². The molecule has 0 amide bonds. The van der Waals surface area contributed by atoms with Crippen molar-refractivity contribution in [2.24, 2.45) is 0 Å². The first-order valence-corrected chi connectivity index (χ1v) is 13.9. The lowest BCUT2D eigenvalue weighted by molar-refractivity contribution is 1.31. The molecule has 0 aromatic heterocycles. The van der Waals surface area contributed by atoms with E-state index in [1.165, 1.54) is 66.8 Å². The van der Waals surface area contributed by atoms with Crippen molar-refractivity contribution in [3.05, 3.63) is 142 Å². The monoisotopic (exact) mass is 466 g/mol. The van der Waals surface area contributed by atoms with Crippen LogP contribution in [0.2, 0.25) is 0 Å². The van der Waals surface area contributed by atoms with Crippen LogP contribution in [-0.2, 0) is 0 Å². The van der Waals surface area contributed by atoms with Crippen molar-refractivity contribution in [3.63, 3.8) is 0 Å². The van der Waals surface area contributed by atoms with E-state index in [1.807, 2.05) is 0 Å². The summed E-state index contributed by atoms with van der Waals surface area (Å²) >= 11 is 0. The Morgan fingerprint density at radius 2 is 0.743 bits per heavy atom. The lowest BCUT2D eigenvalue weighted by Gasteiger charge is -2.21. The molecule has 0 saturated heterocycles. The molecule has 0 atom stereocenters. The average Bonchev–Trinajstić information content (AvgIpc) is 3.30. The SMILES string of the molecule is CC1=C(C)c2c(cccc2-c2ccccc2)[C]1[SiH2][C]1C(C)=C(C)c2c1cccc2-c1ccccc1. The molecular formula is C34H30Si. The summed E-state index contributed by atoms with van der Waals surface area (Å²) in [7, 11) is -0.686. The molecule has 170 valence electrons. The van der Waals surface area contributed by atoms with Gasteiger partial charge >= 0.3 is 0 Å². The van der Waals surface area contributed by atoms with Gasteiger partial charge in [0.2, 0.25) is 0 Å². The fourth-order valence-electron chi connectivity index (χ4n) is 6.00. The Balaban J connectivity index is 1.43. The van der Waals surface area contributed by atoms with Crippen LogP contribution < -0.4 is 0 Å². The molecule has 4 aromatic rings. The third-order valence-electron chi connectivity index (χ3n) is 8.08. The predicted molar refractivity (Wildman–Crippen MR) is 154 cm³/mol. The molecule has 1 heteroatoms. The van der Waals surface area contributed by atoms with E-state index in [2.05, 4.69) is 125 Å². The molecule has 0 heterocycles. The Labute approximate surface area is 211 Å². The van der Waals surface area contributed by atoms with Crippen molar-refractivity contribution >= 4 is 20.7 Å². The van der Waals surface area contributed by atoms with Gasteiger partial charge in [0.25, 0.3) is 0 Å². The molecular weight excluding hydrogens is 436 g/mol. The maximum atomic E-state index is 2.35. The van der Waals surface area contributed by atoms with Crippen molar-refractivity contribution in [3.8, 4) is 22.3 Å². The minimum absolute atomic E-state index is 0.686. The molecule has 6 rings (SSSR count). The van der Waals surface area contributed by atoms with Gasteiger partial charge in [-0.15, -0.1) is 0 Å².